The summed E-state index contributed by atoms with van der Waals surface area (Å²) in [5, 5.41) is 1.10. The van der Waals surface area contributed by atoms with Crippen LogP contribution in [0.2, 0.25) is 0 Å². The van der Waals surface area contributed by atoms with Crippen molar-refractivity contribution in [3.8, 4) is 11.5 Å². The molecule has 1 aliphatic heterocycles. The first kappa shape index (κ1) is 16.0. The number of nitrogens with zero attached hydrogens (tertiary/aromatic N) is 2. The van der Waals surface area contributed by atoms with Crippen LogP contribution in [0.25, 0.3) is 10.9 Å². The van der Waals surface area contributed by atoms with Crippen molar-refractivity contribution >= 4 is 10.9 Å². The highest BCUT2D eigenvalue weighted by Crippen LogP contribution is 2.32. The second kappa shape index (κ2) is 7.62. The molecule has 1 aliphatic rings. The van der Waals surface area contributed by atoms with E-state index in [4.69, 9.17) is 14.2 Å². The van der Waals surface area contributed by atoms with Crippen molar-refractivity contribution in [2.24, 2.45) is 0 Å². The molecule has 1 saturated heterocycles. The molecule has 0 unspecified atom stereocenters. The first-order valence-corrected chi connectivity index (χ1v) is 8.14. The number of aryl methyl sites for hydroxylation is 1. The maximum Gasteiger partial charge on any atom is 0.163 e. The molecule has 0 bridgehead atoms. The Morgan fingerprint density at radius 1 is 1.22 bits per heavy atom. The normalized spacial score (nSPS) is 15.7. The van der Waals surface area contributed by atoms with Gasteiger partial charge >= 0.3 is 0 Å². The van der Waals surface area contributed by atoms with Crippen molar-refractivity contribution in [1.29, 1.82) is 0 Å². The third-order valence-electron chi connectivity index (χ3n) is 4.22. The molecule has 1 aromatic heterocycles. The van der Waals surface area contributed by atoms with Crippen LogP contribution in [0.3, 0.4) is 0 Å². The lowest BCUT2D eigenvalue weighted by Crippen LogP contribution is -2.37. The van der Waals surface area contributed by atoms with Gasteiger partial charge in [-0.1, -0.05) is 0 Å². The molecule has 0 amide bonds. The number of rotatable bonds is 6. The molecule has 1 aromatic carbocycles. The van der Waals surface area contributed by atoms with Gasteiger partial charge < -0.3 is 14.2 Å². The van der Waals surface area contributed by atoms with Crippen LogP contribution in [0.15, 0.2) is 24.4 Å². The molecular weight excluding hydrogens is 292 g/mol. The molecule has 0 saturated carbocycles. The second-order valence-corrected chi connectivity index (χ2v) is 5.80. The molecule has 0 radical (unpaired) electrons. The van der Waals surface area contributed by atoms with Crippen molar-refractivity contribution < 1.29 is 14.2 Å². The van der Waals surface area contributed by atoms with Crippen LogP contribution in [0.5, 0.6) is 11.5 Å². The van der Waals surface area contributed by atoms with Crippen molar-refractivity contribution in [2.45, 2.75) is 13.3 Å². The highest BCUT2D eigenvalue weighted by atomic mass is 16.5. The van der Waals surface area contributed by atoms with Gasteiger partial charge in [0.15, 0.2) is 11.5 Å². The fourth-order valence-electron chi connectivity index (χ4n) is 2.86. The van der Waals surface area contributed by atoms with Gasteiger partial charge in [0.1, 0.15) is 0 Å². The lowest BCUT2D eigenvalue weighted by Gasteiger charge is -2.26. The Bertz CT molecular complexity index is 654. The molecule has 5 heteroatoms. The van der Waals surface area contributed by atoms with Gasteiger partial charge in [0, 0.05) is 37.3 Å². The average molecular weight is 316 g/mol. The molecule has 5 nitrogen and oxygen atoms in total. The maximum atomic E-state index is 5.94. The van der Waals surface area contributed by atoms with E-state index in [2.05, 4.69) is 16.8 Å². The fraction of sp³-hybridized carbons (Fsp3) is 0.500. The lowest BCUT2D eigenvalue weighted by molar-refractivity contribution is 0.0357. The number of hydrogen-bond donors (Lipinski definition) is 0. The van der Waals surface area contributed by atoms with Gasteiger partial charge in [-0.25, -0.2) is 0 Å². The van der Waals surface area contributed by atoms with Crippen LogP contribution in [0, 0.1) is 6.92 Å². The van der Waals surface area contributed by atoms with Gasteiger partial charge in [-0.3, -0.25) is 9.88 Å². The Hall–Kier alpha value is -1.85. The average Bonchev–Trinajstić information content (AvgIpc) is 2.59. The minimum atomic E-state index is 0.672. The van der Waals surface area contributed by atoms with Gasteiger partial charge in [-0.2, -0.15) is 0 Å². The first-order chi connectivity index (χ1) is 11.3. The summed E-state index contributed by atoms with van der Waals surface area (Å²) in [5.74, 6) is 1.53. The number of hydrogen-bond acceptors (Lipinski definition) is 5. The molecule has 0 spiro atoms. The third-order valence-corrected chi connectivity index (χ3v) is 4.22. The quantitative estimate of drug-likeness (QED) is 0.767. The largest absolute Gasteiger partial charge is 0.493 e. The summed E-state index contributed by atoms with van der Waals surface area (Å²) in [6.07, 6.45) is 2.81. The van der Waals surface area contributed by atoms with E-state index in [0.29, 0.717) is 6.61 Å². The Morgan fingerprint density at radius 3 is 2.83 bits per heavy atom. The number of ether oxygens (including phenoxy) is 3. The van der Waals surface area contributed by atoms with Crippen molar-refractivity contribution in [2.75, 3.05) is 46.6 Å². The summed E-state index contributed by atoms with van der Waals surface area (Å²) in [5.41, 5.74) is 2.13. The number of aromatic nitrogens is 1. The highest BCUT2D eigenvalue weighted by molar-refractivity contribution is 5.85. The van der Waals surface area contributed by atoms with Crippen LogP contribution in [-0.4, -0.2) is 56.4 Å². The van der Waals surface area contributed by atoms with Crippen molar-refractivity contribution in [3.05, 3.63) is 30.0 Å². The molecule has 0 atom stereocenters. The number of methoxy groups -OCH3 is 1. The van der Waals surface area contributed by atoms with Gasteiger partial charge in [0.2, 0.25) is 0 Å². The fourth-order valence-corrected chi connectivity index (χ4v) is 2.86. The summed E-state index contributed by atoms with van der Waals surface area (Å²) >= 11 is 0. The Labute approximate surface area is 137 Å². The Morgan fingerprint density at radius 2 is 2.04 bits per heavy atom. The molecule has 0 aliphatic carbocycles. The van der Waals surface area contributed by atoms with E-state index in [9.17, 15) is 0 Å². The summed E-state index contributed by atoms with van der Waals surface area (Å²) in [6.45, 7) is 7.49. The summed E-state index contributed by atoms with van der Waals surface area (Å²) in [6, 6.07) is 5.98. The molecule has 23 heavy (non-hydrogen) atoms. The number of morpholine rings is 1. The van der Waals surface area contributed by atoms with Gasteiger partial charge in [-0.15, -0.1) is 0 Å². The van der Waals surface area contributed by atoms with E-state index in [1.807, 2.05) is 24.4 Å². The summed E-state index contributed by atoms with van der Waals surface area (Å²) in [7, 11) is 1.67. The zero-order valence-electron chi connectivity index (χ0n) is 13.9. The van der Waals surface area contributed by atoms with Crippen LogP contribution >= 0.6 is 0 Å². The predicted molar refractivity (Wildman–Crippen MR) is 90.4 cm³/mol. The topological polar surface area (TPSA) is 43.8 Å². The standard InChI is InChI=1S/C18H24N2O3/c1-14-4-5-19-16-13-18(17(21-2)12-15(14)16)23-9-3-6-20-7-10-22-11-8-20/h4-5,12-13H,3,6-11H2,1-2H3. The SMILES string of the molecule is COc1cc2c(C)ccnc2cc1OCCCN1CCOCC1. The van der Waals surface area contributed by atoms with Crippen LogP contribution in [0.1, 0.15) is 12.0 Å². The third kappa shape index (κ3) is 3.92. The Kier molecular flexibility index (Phi) is 5.31. The van der Waals surface area contributed by atoms with E-state index in [1.165, 1.54) is 5.56 Å². The Balaban J connectivity index is 1.62. The molecular formula is C18H24N2O3. The van der Waals surface area contributed by atoms with E-state index in [-0.39, 0.29) is 0 Å². The number of benzene rings is 1. The molecule has 124 valence electrons. The first-order valence-electron chi connectivity index (χ1n) is 8.14. The van der Waals surface area contributed by atoms with Crippen LogP contribution in [-0.2, 0) is 4.74 Å². The van der Waals surface area contributed by atoms with Gasteiger partial charge in [0.25, 0.3) is 0 Å². The minimum absolute atomic E-state index is 0.672. The van der Waals surface area contributed by atoms with Gasteiger partial charge in [-0.05, 0) is 31.0 Å². The molecule has 0 N–H and O–H groups in total. The highest BCUT2D eigenvalue weighted by Gasteiger charge is 2.11. The monoisotopic (exact) mass is 316 g/mol. The summed E-state index contributed by atoms with van der Waals surface area (Å²) < 4.78 is 16.8. The van der Waals surface area contributed by atoms with E-state index < -0.39 is 0 Å². The predicted octanol–water partition coefficient (Wildman–Crippen LogP) is 2.65. The zero-order valence-corrected chi connectivity index (χ0v) is 13.9. The molecule has 3 rings (SSSR count). The molecule has 2 aromatic rings. The maximum absolute atomic E-state index is 5.94. The van der Waals surface area contributed by atoms with Crippen molar-refractivity contribution in [1.82, 2.24) is 9.88 Å². The second-order valence-electron chi connectivity index (χ2n) is 5.80. The van der Waals surface area contributed by atoms with E-state index in [1.54, 1.807) is 7.11 Å². The van der Waals surface area contributed by atoms with Gasteiger partial charge in [0.05, 0.1) is 32.4 Å². The van der Waals surface area contributed by atoms with Crippen LogP contribution < -0.4 is 9.47 Å². The number of fused-ring (bicyclic) bond motifs is 1. The zero-order chi connectivity index (χ0) is 16.1. The number of pyridine rings is 1. The molecule has 2 heterocycles. The van der Waals surface area contributed by atoms with E-state index >= 15 is 0 Å². The smallest absolute Gasteiger partial charge is 0.163 e. The molecule has 1 fully saturated rings. The summed E-state index contributed by atoms with van der Waals surface area (Å²) in [4.78, 5) is 6.83. The lowest BCUT2D eigenvalue weighted by atomic mass is 10.1. The van der Waals surface area contributed by atoms with Crippen LogP contribution in [0.4, 0.5) is 0 Å². The van der Waals surface area contributed by atoms with E-state index in [0.717, 1.165) is 61.7 Å². The minimum Gasteiger partial charge on any atom is -0.493 e. The van der Waals surface area contributed by atoms with Crippen molar-refractivity contribution in [3.63, 3.8) is 0 Å².